The van der Waals surface area contributed by atoms with Gasteiger partial charge >= 0.3 is 0 Å². The summed E-state index contributed by atoms with van der Waals surface area (Å²) in [6.45, 7) is 5.81. The van der Waals surface area contributed by atoms with Crippen LogP contribution in [-0.4, -0.2) is 24.2 Å². The number of hydrogen-bond acceptors (Lipinski definition) is 3. The standard InChI is InChI=1S/C14H21N3/c1-12-4-3-7-17(10-12)11-14-6-2-5-13(8-14)9-16-15/h2,5-6,8-9,12H,3-4,7,10-11,15H2,1H3. The van der Waals surface area contributed by atoms with Gasteiger partial charge in [0.2, 0.25) is 0 Å². The molecule has 1 saturated heterocycles. The first-order chi connectivity index (χ1) is 8.28. The molecule has 1 heterocycles. The lowest BCUT2D eigenvalue weighted by molar-refractivity contribution is 0.176. The summed E-state index contributed by atoms with van der Waals surface area (Å²) in [6, 6.07) is 8.43. The topological polar surface area (TPSA) is 41.6 Å². The van der Waals surface area contributed by atoms with E-state index in [9.17, 15) is 0 Å². The van der Waals surface area contributed by atoms with Crippen molar-refractivity contribution in [1.29, 1.82) is 0 Å². The Bertz CT molecular complexity index is 387. The molecule has 0 saturated carbocycles. The summed E-state index contributed by atoms with van der Waals surface area (Å²) in [5.74, 6) is 6.00. The van der Waals surface area contributed by atoms with Crippen LogP contribution in [0.1, 0.15) is 30.9 Å². The molecule has 17 heavy (non-hydrogen) atoms. The zero-order chi connectivity index (χ0) is 12.1. The van der Waals surface area contributed by atoms with Gasteiger partial charge in [0, 0.05) is 13.1 Å². The van der Waals surface area contributed by atoms with Crippen molar-refractivity contribution in [2.75, 3.05) is 13.1 Å². The van der Waals surface area contributed by atoms with E-state index in [-0.39, 0.29) is 0 Å². The van der Waals surface area contributed by atoms with E-state index in [2.05, 4.69) is 35.1 Å². The predicted octanol–water partition coefficient (Wildman–Crippen LogP) is 2.21. The first-order valence-corrected chi connectivity index (χ1v) is 6.32. The molecule has 1 atom stereocenters. The lowest BCUT2D eigenvalue weighted by atomic mass is 9.99. The molecule has 1 fully saturated rings. The summed E-state index contributed by atoms with van der Waals surface area (Å²) >= 11 is 0. The molecule has 2 rings (SSSR count). The van der Waals surface area contributed by atoms with Crippen LogP contribution in [0.2, 0.25) is 0 Å². The number of hydrogen-bond donors (Lipinski definition) is 1. The van der Waals surface area contributed by atoms with Crippen molar-refractivity contribution in [3.8, 4) is 0 Å². The van der Waals surface area contributed by atoms with Crippen molar-refractivity contribution in [3.05, 3.63) is 35.4 Å². The summed E-state index contributed by atoms with van der Waals surface area (Å²) in [5, 5.41) is 3.57. The van der Waals surface area contributed by atoms with Crippen LogP contribution in [-0.2, 0) is 6.54 Å². The Labute approximate surface area is 103 Å². The Kier molecular flexibility index (Phi) is 4.15. The van der Waals surface area contributed by atoms with Crippen LogP contribution in [0.5, 0.6) is 0 Å². The maximum absolute atomic E-state index is 5.17. The van der Waals surface area contributed by atoms with E-state index in [4.69, 9.17) is 5.84 Å². The fraction of sp³-hybridized carbons (Fsp3) is 0.500. The van der Waals surface area contributed by atoms with Gasteiger partial charge < -0.3 is 5.84 Å². The molecule has 3 nitrogen and oxygen atoms in total. The number of piperidine rings is 1. The highest BCUT2D eigenvalue weighted by atomic mass is 15.1. The molecule has 1 unspecified atom stereocenters. The molecule has 1 aliphatic rings. The number of hydrazone groups is 1. The highest BCUT2D eigenvalue weighted by Gasteiger charge is 2.15. The SMILES string of the molecule is CC1CCCN(Cc2cccc(C=NN)c2)C1. The molecule has 3 heteroatoms. The van der Waals surface area contributed by atoms with Gasteiger partial charge in [-0.05, 0) is 42.5 Å². The molecule has 0 amide bonds. The normalized spacial score (nSPS) is 22.1. The second-order valence-electron chi connectivity index (χ2n) is 5.01. The van der Waals surface area contributed by atoms with Gasteiger partial charge in [-0.15, -0.1) is 0 Å². The Hall–Kier alpha value is -1.35. The van der Waals surface area contributed by atoms with Gasteiger partial charge in [-0.3, -0.25) is 4.90 Å². The van der Waals surface area contributed by atoms with Crippen molar-refractivity contribution in [2.24, 2.45) is 16.9 Å². The molecule has 2 N–H and O–H groups in total. The van der Waals surface area contributed by atoms with Gasteiger partial charge in [0.1, 0.15) is 0 Å². The second kappa shape index (κ2) is 5.82. The summed E-state index contributed by atoms with van der Waals surface area (Å²) in [6.07, 6.45) is 4.39. The molecular weight excluding hydrogens is 210 g/mol. The van der Waals surface area contributed by atoms with Gasteiger partial charge in [-0.2, -0.15) is 5.10 Å². The molecule has 0 aliphatic carbocycles. The average Bonchev–Trinajstić information content (AvgIpc) is 2.30. The molecule has 0 bridgehead atoms. The Morgan fingerprint density at radius 1 is 1.53 bits per heavy atom. The van der Waals surface area contributed by atoms with Crippen LogP contribution in [0, 0.1) is 5.92 Å². The maximum atomic E-state index is 5.17. The van der Waals surface area contributed by atoms with Crippen LogP contribution in [0.3, 0.4) is 0 Å². The monoisotopic (exact) mass is 231 g/mol. The molecule has 1 aromatic carbocycles. The summed E-state index contributed by atoms with van der Waals surface area (Å²) in [4.78, 5) is 2.53. The fourth-order valence-corrected chi connectivity index (χ4v) is 2.55. The lowest BCUT2D eigenvalue weighted by Gasteiger charge is -2.30. The van der Waals surface area contributed by atoms with Crippen molar-refractivity contribution < 1.29 is 0 Å². The molecule has 0 aromatic heterocycles. The quantitative estimate of drug-likeness (QED) is 0.492. The van der Waals surface area contributed by atoms with E-state index < -0.39 is 0 Å². The largest absolute Gasteiger partial charge is 0.323 e. The Balaban J connectivity index is 2.00. The van der Waals surface area contributed by atoms with Crippen molar-refractivity contribution >= 4 is 6.21 Å². The van der Waals surface area contributed by atoms with Gasteiger partial charge in [-0.1, -0.05) is 25.1 Å². The minimum absolute atomic E-state index is 0.831. The van der Waals surface area contributed by atoms with Gasteiger partial charge in [0.05, 0.1) is 6.21 Å². The molecular formula is C14H21N3. The molecule has 92 valence electrons. The van der Waals surface area contributed by atoms with E-state index in [1.54, 1.807) is 6.21 Å². The van der Waals surface area contributed by atoms with E-state index in [1.807, 2.05) is 6.07 Å². The van der Waals surface area contributed by atoms with E-state index >= 15 is 0 Å². The first-order valence-electron chi connectivity index (χ1n) is 6.32. The number of benzene rings is 1. The first kappa shape index (κ1) is 12.1. The van der Waals surface area contributed by atoms with Crippen molar-refractivity contribution in [1.82, 2.24) is 4.90 Å². The third kappa shape index (κ3) is 3.56. The van der Waals surface area contributed by atoms with Gasteiger partial charge in [-0.25, -0.2) is 0 Å². The third-order valence-electron chi connectivity index (χ3n) is 3.32. The van der Waals surface area contributed by atoms with Crippen molar-refractivity contribution in [3.63, 3.8) is 0 Å². The number of nitrogens with two attached hydrogens (primary N) is 1. The Morgan fingerprint density at radius 2 is 2.41 bits per heavy atom. The van der Waals surface area contributed by atoms with E-state index in [1.165, 1.54) is 31.5 Å². The Morgan fingerprint density at radius 3 is 3.18 bits per heavy atom. The lowest BCUT2D eigenvalue weighted by Crippen LogP contribution is -2.33. The molecule has 1 aromatic rings. The zero-order valence-electron chi connectivity index (χ0n) is 10.5. The zero-order valence-corrected chi connectivity index (χ0v) is 10.5. The van der Waals surface area contributed by atoms with E-state index in [0.717, 1.165) is 18.0 Å². The van der Waals surface area contributed by atoms with Crippen molar-refractivity contribution in [2.45, 2.75) is 26.3 Å². The van der Waals surface area contributed by atoms with Crippen LogP contribution in [0.25, 0.3) is 0 Å². The summed E-state index contributed by atoms with van der Waals surface area (Å²) < 4.78 is 0. The van der Waals surface area contributed by atoms with Gasteiger partial charge in [0.15, 0.2) is 0 Å². The molecule has 1 aliphatic heterocycles. The van der Waals surface area contributed by atoms with Gasteiger partial charge in [0.25, 0.3) is 0 Å². The van der Waals surface area contributed by atoms with Crippen LogP contribution in [0.4, 0.5) is 0 Å². The minimum atomic E-state index is 0.831. The highest BCUT2D eigenvalue weighted by Crippen LogP contribution is 2.18. The van der Waals surface area contributed by atoms with Crippen LogP contribution < -0.4 is 5.84 Å². The fourth-order valence-electron chi connectivity index (χ4n) is 2.55. The third-order valence-corrected chi connectivity index (χ3v) is 3.32. The summed E-state index contributed by atoms with van der Waals surface area (Å²) in [7, 11) is 0. The number of likely N-dealkylation sites (tertiary alicyclic amines) is 1. The second-order valence-corrected chi connectivity index (χ2v) is 5.01. The predicted molar refractivity (Wildman–Crippen MR) is 71.9 cm³/mol. The average molecular weight is 231 g/mol. The number of nitrogens with zero attached hydrogens (tertiary/aromatic N) is 2. The van der Waals surface area contributed by atoms with Crippen LogP contribution in [0.15, 0.2) is 29.4 Å². The molecule has 0 spiro atoms. The minimum Gasteiger partial charge on any atom is -0.323 e. The van der Waals surface area contributed by atoms with Crippen LogP contribution >= 0.6 is 0 Å². The summed E-state index contributed by atoms with van der Waals surface area (Å²) in [5.41, 5.74) is 2.42. The molecule has 0 radical (unpaired) electrons. The van der Waals surface area contributed by atoms with E-state index in [0.29, 0.717) is 0 Å². The number of rotatable bonds is 3. The maximum Gasteiger partial charge on any atom is 0.0538 e. The highest BCUT2D eigenvalue weighted by molar-refractivity contribution is 5.79. The smallest absolute Gasteiger partial charge is 0.0538 e.